The first-order chi connectivity index (χ1) is 13.3. The van der Waals surface area contributed by atoms with Gasteiger partial charge in [0.1, 0.15) is 0 Å². The summed E-state index contributed by atoms with van der Waals surface area (Å²) in [6.07, 6.45) is 3.61. The van der Waals surface area contributed by atoms with E-state index in [0.29, 0.717) is 0 Å². The topological polar surface area (TPSA) is 29.0 Å². The smallest absolute Gasteiger partial charge is 0.255 e. The van der Waals surface area contributed by atoms with Crippen LogP contribution < -0.4 is 20.1 Å². The first-order valence-corrected chi connectivity index (χ1v) is 11.0. The molecule has 0 aliphatic heterocycles. The van der Waals surface area contributed by atoms with Crippen LogP contribution in [-0.2, 0) is 0 Å². The van der Waals surface area contributed by atoms with E-state index in [-0.39, 0.29) is 0 Å². The minimum atomic E-state index is -2.56. The normalized spacial score (nSPS) is 11.1. The van der Waals surface area contributed by atoms with E-state index in [1.54, 1.807) is 12.4 Å². The number of aromatic nitrogens is 2. The summed E-state index contributed by atoms with van der Waals surface area (Å²) >= 11 is 0. The van der Waals surface area contributed by atoms with E-state index in [0.717, 1.165) is 5.95 Å². The van der Waals surface area contributed by atoms with Crippen molar-refractivity contribution >= 4 is 29.7 Å². The fourth-order valence-electron chi connectivity index (χ4n) is 3.73. The molecule has 4 rings (SSSR count). The Morgan fingerprint density at radius 3 is 1.30 bits per heavy atom. The monoisotopic (exact) mass is 367 g/mol. The highest BCUT2D eigenvalue weighted by Gasteiger charge is 2.45. The number of benzene rings is 3. The summed E-state index contributed by atoms with van der Waals surface area (Å²) in [4.78, 5) is 9.14. The Hall–Kier alpha value is -3.24. The third-order valence-corrected chi connectivity index (χ3v) is 9.64. The molecule has 0 radical (unpaired) electrons. The van der Waals surface area contributed by atoms with Crippen molar-refractivity contribution in [3.8, 4) is 0 Å². The maximum absolute atomic E-state index is 4.57. The zero-order valence-corrected chi connectivity index (χ0v) is 16.2. The molecule has 4 aromatic rings. The van der Waals surface area contributed by atoms with Gasteiger partial charge in [0.15, 0.2) is 0 Å². The van der Waals surface area contributed by atoms with Gasteiger partial charge in [-0.15, -0.1) is 0 Å². The summed E-state index contributed by atoms with van der Waals surface area (Å²) in [5.74, 6) is 0.737. The second-order valence-corrected chi connectivity index (χ2v) is 10.2. The van der Waals surface area contributed by atoms with Gasteiger partial charge >= 0.3 is 0 Å². The molecule has 0 atom stereocenters. The van der Waals surface area contributed by atoms with Gasteiger partial charge in [0.25, 0.3) is 8.24 Å². The van der Waals surface area contributed by atoms with Crippen LogP contribution in [0, 0.1) is 0 Å². The molecule has 132 valence electrons. The minimum absolute atomic E-state index is 0.737. The van der Waals surface area contributed by atoms with Crippen molar-refractivity contribution in [3.63, 3.8) is 0 Å². The van der Waals surface area contributed by atoms with E-state index in [2.05, 4.69) is 113 Å². The summed E-state index contributed by atoms with van der Waals surface area (Å²) < 4.78 is 2.30. The average molecular weight is 368 g/mol. The Kier molecular flexibility index (Phi) is 4.81. The summed E-state index contributed by atoms with van der Waals surface area (Å²) in [6.45, 7) is 0. The highest BCUT2D eigenvalue weighted by atomic mass is 28.3. The predicted molar refractivity (Wildman–Crippen MR) is 114 cm³/mol. The van der Waals surface area contributed by atoms with Crippen molar-refractivity contribution < 1.29 is 0 Å². The minimum Gasteiger partial charge on any atom is -0.358 e. The largest absolute Gasteiger partial charge is 0.358 e. The van der Waals surface area contributed by atoms with Crippen LogP contribution in [0.4, 0.5) is 5.95 Å². The van der Waals surface area contributed by atoms with Gasteiger partial charge in [0, 0.05) is 19.4 Å². The molecule has 0 bridgehead atoms. The van der Waals surface area contributed by atoms with Crippen LogP contribution in [0.15, 0.2) is 109 Å². The third-order valence-electron chi connectivity index (χ3n) is 4.93. The third kappa shape index (κ3) is 3.04. The molecule has 0 N–H and O–H groups in total. The standard InChI is InChI=1S/C23H21N3Si/c1-26(23-24-18-11-19-25-23)27(20-12-5-2-6-13-20,21-14-7-3-8-15-21)22-16-9-4-10-17-22/h2-19H,1H3. The first kappa shape index (κ1) is 17.2. The Bertz CT molecular complexity index is 880. The van der Waals surface area contributed by atoms with Gasteiger partial charge in [-0.3, -0.25) is 0 Å². The summed E-state index contributed by atoms with van der Waals surface area (Å²) in [7, 11) is -0.440. The lowest BCUT2D eigenvalue weighted by atomic mass is 10.3. The molecular weight excluding hydrogens is 346 g/mol. The van der Waals surface area contributed by atoms with Crippen LogP contribution in [0.1, 0.15) is 0 Å². The molecule has 1 aromatic heterocycles. The second-order valence-electron chi connectivity index (χ2n) is 6.42. The molecule has 0 aliphatic carbocycles. The van der Waals surface area contributed by atoms with Gasteiger partial charge in [-0.25, -0.2) is 9.97 Å². The van der Waals surface area contributed by atoms with E-state index >= 15 is 0 Å². The molecule has 0 aliphatic rings. The Morgan fingerprint density at radius 2 is 0.926 bits per heavy atom. The molecule has 3 aromatic carbocycles. The van der Waals surface area contributed by atoms with E-state index in [1.807, 2.05) is 6.07 Å². The molecule has 3 nitrogen and oxygen atoms in total. The number of nitrogens with zero attached hydrogens (tertiary/aromatic N) is 3. The van der Waals surface area contributed by atoms with Crippen LogP contribution >= 0.6 is 0 Å². The molecule has 0 amide bonds. The van der Waals surface area contributed by atoms with Crippen LogP contribution in [0.2, 0.25) is 0 Å². The maximum atomic E-state index is 4.57. The number of hydrogen-bond donors (Lipinski definition) is 0. The van der Waals surface area contributed by atoms with Crippen LogP contribution in [-0.4, -0.2) is 25.3 Å². The van der Waals surface area contributed by atoms with E-state index in [4.69, 9.17) is 0 Å². The lowest BCUT2D eigenvalue weighted by Crippen LogP contribution is -2.77. The van der Waals surface area contributed by atoms with Crippen molar-refractivity contribution in [3.05, 3.63) is 109 Å². The molecule has 27 heavy (non-hydrogen) atoms. The van der Waals surface area contributed by atoms with Gasteiger partial charge in [0.2, 0.25) is 5.95 Å². The summed E-state index contributed by atoms with van der Waals surface area (Å²) in [5, 5.41) is 3.91. The van der Waals surface area contributed by atoms with Crippen molar-refractivity contribution in [1.82, 2.24) is 9.97 Å². The fourth-order valence-corrected chi connectivity index (χ4v) is 8.34. The van der Waals surface area contributed by atoms with Gasteiger partial charge < -0.3 is 4.57 Å². The zero-order valence-electron chi connectivity index (χ0n) is 15.2. The number of anilines is 1. The zero-order chi connectivity index (χ0) is 18.5. The van der Waals surface area contributed by atoms with Crippen molar-refractivity contribution in [1.29, 1.82) is 0 Å². The fraction of sp³-hybridized carbons (Fsp3) is 0.0435. The second kappa shape index (κ2) is 7.56. The molecule has 0 saturated carbocycles. The quantitative estimate of drug-likeness (QED) is 0.401. The molecule has 0 spiro atoms. The first-order valence-electron chi connectivity index (χ1n) is 9.01. The summed E-state index contributed by atoms with van der Waals surface area (Å²) in [5.41, 5.74) is 0. The highest BCUT2D eigenvalue weighted by molar-refractivity contribution is 7.13. The lowest BCUT2D eigenvalue weighted by Gasteiger charge is -2.41. The van der Waals surface area contributed by atoms with Crippen LogP contribution in [0.3, 0.4) is 0 Å². The number of rotatable bonds is 5. The van der Waals surface area contributed by atoms with Crippen molar-refractivity contribution in [2.75, 3.05) is 11.6 Å². The highest BCUT2D eigenvalue weighted by Crippen LogP contribution is 2.16. The van der Waals surface area contributed by atoms with Crippen LogP contribution in [0.25, 0.3) is 0 Å². The maximum Gasteiger partial charge on any atom is 0.255 e. The lowest BCUT2D eigenvalue weighted by molar-refractivity contribution is 1.08. The van der Waals surface area contributed by atoms with Gasteiger partial charge in [-0.1, -0.05) is 91.0 Å². The van der Waals surface area contributed by atoms with Crippen LogP contribution in [0.5, 0.6) is 0 Å². The number of hydrogen-bond acceptors (Lipinski definition) is 3. The Labute approximate surface area is 161 Å². The molecule has 1 heterocycles. The molecule has 0 saturated heterocycles. The Balaban J connectivity index is 2.07. The SMILES string of the molecule is CN(c1ncccn1)[Si](c1ccccc1)(c1ccccc1)c1ccccc1. The molecule has 0 unspecified atom stereocenters. The van der Waals surface area contributed by atoms with E-state index < -0.39 is 8.24 Å². The molecular formula is C23H21N3Si. The molecule has 4 heteroatoms. The summed E-state index contributed by atoms with van der Waals surface area (Å²) in [6, 6.07) is 34.1. The van der Waals surface area contributed by atoms with Crippen molar-refractivity contribution in [2.45, 2.75) is 0 Å². The van der Waals surface area contributed by atoms with Gasteiger partial charge in [0.05, 0.1) is 0 Å². The predicted octanol–water partition coefficient (Wildman–Crippen LogP) is 2.58. The average Bonchev–Trinajstić information content (AvgIpc) is 2.77. The van der Waals surface area contributed by atoms with Crippen molar-refractivity contribution in [2.24, 2.45) is 0 Å². The molecule has 0 fully saturated rings. The van der Waals surface area contributed by atoms with Gasteiger partial charge in [-0.05, 0) is 21.6 Å². The van der Waals surface area contributed by atoms with Gasteiger partial charge in [-0.2, -0.15) is 0 Å². The Morgan fingerprint density at radius 1 is 0.556 bits per heavy atom. The van der Waals surface area contributed by atoms with E-state index in [1.165, 1.54) is 15.6 Å². The van der Waals surface area contributed by atoms with E-state index in [9.17, 15) is 0 Å².